The van der Waals surface area contributed by atoms with Crippen LogP contribution in [-0.2, 0) is 19.6 Å². The van der Waals surface area contributed by atoms with Crippen LogP contribution in [0.15, 0.2) is 29.2 Å². The van der Waals surface area contributed by atoms with Crippen molar-refractivity contribution >= 4 is 15.9 Å². The Morgan fingerprint density at radius 3 is 2.28 bits per heavy atom. The number of hydrogen-bond acceptors (Lipinski definition) is 4. The van der Waals surface area contributed by atoms with Crippen LogP contribution in [0.25, 0.3) is 0 Å². The van der Waals surface area contributed by atoms with Crippen LogP contribution in [0.3, 0.4) is 0 Å². The first-order chi connectivity index (χ1) is 12.0. The molecule has 0 bridgehead atoms. The lowest BCUT2D eigenvalue weighted by molar-refractivity contribution is -0.896. The third kappa shape index (κ3) is 4.38. The number of benzene rings is 1. The van der Waals surface area contributed by atoms with E-state index in [-0.39, 0.29) is 5.91 Å². The van der Waals surface area contributed by atoms with E-state index in [4.69, 9.17) is 4.74 Å². The third-order valence-corrected chi connectivity index (χ3v) is 6.77. The maximum Gasteiger partial charge on any atom is 0.277 e. The van der Waals surface area contributed by atoms with Gasteiger partial charge in [0, 0.05) is 13.1 Å². The molecule has 2 aliphatic heterocycles. The van der Waals surface area contributed by atoms with E-state index in [1.807, 2.05) is 24.0 Å². The molecule has 8 heteroatoms. The Kier molecular flexibility index (Phi) is 5.73. The zero-order chi connectivity index (χ0) is 17.9. The quantitative estimate of drug-likeness (QED) is 0.720. The number of quaternary nitrogens is 1. The van der Waals surface area contributed by atoms with Crippen molar-refractivity contribution in [1.29, 1.82) is 0 Å². The van der Waals surface area contributed by atoms with E-state index < -0.39 is 10.0 Å². The molecule has 25 heavy (non-hydrogen) atoms. The van der Waals surface area contributed by atoms with Gasteiger partial charge in [0.25, 0.3) is 5.91 Å². The lowest BCUT2D eigenvalue weighted by atomic mass is 10.2. The molecule has 138 valence electrons. The predicted octanol–water partition coefficient (Wildman–Crippen LogP) is -1.26. The summed E-state index contributed by atoms with van der Waals surface area (Å²) in [6.45, 7) is 7.07. The highest BCUT2D eigenvalue weighted by molar-refractivity contribution is 7.89. The summed E-state index contributed by atoms with van der Waals surface area (Å²) in [7, 11) is -3.44. The van der Waals surface area contributed by atoms with Crippen LogP contribution < -0.4 is 4.90 Å². The number of piperazine rings is 1. The van der Waals surface area contributed by atoms with E-state index in [9.17, 15) is 13.2 Å². The minimum absolute atomic E-state index is 0.133. The fourth-order valence-electron chi connectivity index (χ4n) is 3.22. The third-order valence-electron chi connectivity index (χ3n) is 4.85. The zero-order valence-electron chi connectivity index (χ0n) is 14.6. The summed E-state index contributed by atoms with van der Waals surface area (Å²) in [4.78, 5) is 15.6. The Labute approximate surface area is 149 Å². The van der Waals surface area contributed by atoms with Gasteiger partial charge in [0.05, 0.1) is 44.3 Å². The van der Waals surface area contributed by atoms with E-state index in [1.54, 1.807) is 12.1 Å². The van der Waals surface area contributed by atoms with E-state index in [0.29, 0.717) is 63.9 Å². The summed E-state index contributed by atoms with van der Waals surface area (Å²) in [5.41, 5.74) is 1.04. The van der Waals surface area contributed by atoms with Crippen molar-refractivity contribution in [3.8, 4) is 0 Å². The molecule has 0 aliphatic carbocycles. The van der Waals surface area contributed by atoms with Crippen molar-refractivity contribution in [3.05, 3.63) is 29.8 Å². The molecule has 0 radical (unpaired) electrons. The minimum atomic E-state index is -3.44. The maximum absolute atomic E-state index is 12.7. The van der Waals surface area contributed by atoms with Gasteiger partial charge in [-0.05, 0) is 19.1 Å². The predicted molar refractivity (Wildman–Crippen MR) is 92.9 cm³/mol. The molecule has 1 aromatic rings. The Bertz CT molecular complexity index is 691. The fourth-order valence-corrected chi connectivity index (χ4v) is 4.66. The van der Waals surface area contributed by atoms with Gasteiger partial charge in [-0.2, -0.15) is 4.31 Å². The maximum atomic E-state index is 12.7. The smallest absolute Gasteiger partial charge is 0.277 e. The number of carbonyl (C=O) groups is 1. The molecule has 1 aromatic carbocycles. The van der Waals surface area contributed by atoms with Gasteiger partial charge in [-0.3, -0.25) is 4.79 Å². The summed E-state index contributed by atoms with van der Waals surface area (Å²) in [5, 5.41) is 0. The first-order valence-corrected chi connectivity index (χ1v) is 10.2. The normalized spacial score (nSPS) is 20.6. The number of rotatable bonds is 4. The van der Waals surface area contributed by atoms with Crippen molar-refractivity contribution in [1.82, 2.24) is 9.21 Å². The molecule has 1 N–H and O–H groups in total. The molecule has 2 saturated heterocycles. The Balaban J connectivity index is 1.54. The number of sulfonamides is 1. The average molecular weight is 368 g/mol. The Hall–Kier alpha value is -1.48. The summed E-state index contributed by atoms with van der Waals surface area (Å²) in [6.07, 6.45) is 0. The molecule has 1 amide bonds. The van der Waals surface area contributed by atoms with Gasteiger partial charge in [-0.1, -0.05) is 17.7 Å². The second-order valence-electron chi connectivity index (χ2n) is 6.64. The first-order valence-electron chi connectivity index (χ1n) is 8.73. The summed E-state index contributed by atoms with van der Waals surface area (Å²) in [6, 6.07) is 6.95. The number of ether oxygens (including phenoxy) is 1. The van der Waals surface area contributed by atoms with E-state index in [2.05, 4.69) is 0 Å². The zero-order valence-corrected chi connectivity index (χ0v) is 15.4. The van der Waals surface area contributed by atoms with Gasteiger partial charge in [0.2, 0.25) is 10.0 Å². The van der Waals surface area contributed by atoms with Crippen molar-refractivity contribution < 1.29 is 22.8 Å². The van der Waals surface area contributed by atoms with Crippen molar-refractivity contribution in [2.24, 2.45) is 0 Å². The molecule has 2 aliphatic rings. The molecule has 2 heterocycles. The van der Waals surface area contributed by atoms with Crippen LogP contribution in [0.2, 0.25) is 0 Å². The number of nitrogens with zero attached hydrogens (tertiary/aromatic N) is 2. The van der Waals surface area contributed by atoms with E-state index >= 15 is 0 Å². The van der Waals surface area contributed by atoms with E-state index in [1.165, 1.54) is 4.31 Å². The monoisotopic (exact) mass is 368 g/mol. The van der Waals surface area contributed by atoms with Crippen LogP contribution in [0.5, 0.6) is 0 Å². The lowest BCUT2D eigenvalue weighted by Crippen LogP contribution is -3.15. The molecule has 0 spiro atoms. The molecule has 0 atom stereocenters. The molecule has 0 saturated carbocycles. The molecule has 2 fully saturated rings. The highest BCUT2D eigenvalue weighted by Gasteiger charge is 2.32. The topological polar surface area (TPSA) is 71.4 Å². The standard InChI is InChI=1S/C17H25N3O4S/c1-15-2-4-16(5-3-15)25(22,23)20-8-6-18(7-9-20)14-17(21)19-10-12-24-13-11-19/h2-5H,6-14H2,1H3/p+1. The number of carbonyl (C=O) groups excluding carboxylic acids is 1. The number of amides is 1. The van der Waals surface area contributed by atoms with Gasteiger partial charge >= 0.3 is 0 Å². The molecule has 3 rings (SSSR count). The van der Waals surface area contributed by atoms with Crippen LogP contribution in [0, 0.1) is 6.92 Å². The Morgan fingerprint density at radius 1 is 1.08 bits per heavy atom. The number of morpholine rings is 1. The SMILES string of the molecule is Cc1ccc(S(=O)(=O)N2CC[NH+](CC(=O)N3CCOCC3)CC2)cc1. The minimum Gasteiger partial charge on any atom is -0.378 e. The number of aryl methyl sites for hydroxylation is 1. The molecule has 0 unspecified atom stereocenters. The van der Waals surface area contributed by atoms with Gasteiger partial charge in [0.1, 0.15) is 0 Å². The molecule has 0 aromatic heterocycles. The van der Waals surface area contributed by atoms with Gasteiger partial charge < -0.3 is 14.5 Å². The molecule has 7 nitrogen and oxygen atoms in total. The average Bonchev–Trinajstić information content (AvgIpc) is 2.63. The lowest BCUT2D eigenvalue weighted by Gasteiger charge is -2.33. The number of nitrogens with one attached hydrogen (secondary N) is 1. The van der Waals surface area contributed by atoms with Crippen molar-refractivity contribution in [2.75, 3.05) is 59.0 Å². The Morgan fingerprint density at radius 2 is 1.68 bits per heavy atom. The van der Waals surface area contributed by atoms with Gasteiger partial charge in [0.15, 0.2) is 6.54 Å². The first kappa shape index (κ1) is 18.3. The molecular formula is C17H26N3O4S+. The summed E-state index contributed by atoms with van der Waals surface area (Å²) < 4.78 is 32.2. The largest absolute Gasteiger partial charge is 0.378 e. The van der Waals surface area contributed by atoms with Crippen LogP contribution >= 0.6 is 0 Å². The fraction of sp³-hybridized carbons (Fsp3) is 0.588. The van der Waals surface area contributed by atoms with Crippen molar-refractivity contribution in [3.63, 3.8) is 0 Å². The van der Waals surface area contributed by atoms with Gasteiger partial charge in [-0.25, -0.2) is 8.42 Å². The van der Waals surface area contributed by atoms with E-state index in [0.717, 1.165) is 10.5 Å². The highest BCUT2D eigenvalue weighted by atomic mass is 32.2. The second kappa shape index (κ2) is 7.82. The number of hydrogen-bond donors (Lipinski definition) is 1. The van der Waals surface area contributed by atoms with Gasteiger partial charge in [-0.15, -0.1) is 0 Å². The van der Waals surface area contributed by atoms with Crippen molar-refractivity contribution in [2.45, 2.75) is 11.8 Å². The van der Waals surface area contributed by atoms with Crippen LogP contribution in [0.4, 0.5) is 0 Å². The van der Waals surface area contributed by atoms with Crippen LogP contribution in [-0.4, -0.2) is 82.6 Å². The summed E-state index contributed by atoms with van der Waals surface area (Å²) >= 11 is 0. The second-order valence-corrected chi connectivity index (χ2v) is 8.58. The highest BCUT2D eigenvalue weighted by Crippen LogP contribution is 2.16. The summed E-state index contributed by atoms with van der Waals surface area (Å²) in [5.74, 6) is 0.133. The van der Waals surface area contributed by atoms with Crippen LogP contribution in [0.1, 0.15) is 5.56 Å². The molecular weight excluding hydrogens is 342 g/mol.